The Labute approximate surface area is 136 Å². The SMILES string of the molecule is CC1CN=C(NCCC(=O)N2CCN(c3ncccn3)CC2)N1. The second-order valence-corrected chi connectivity index (χ2v) is 5.83. The monoisotopic (exact) mass is 317 g/mol. The standard InChI is InChI=1S/C15H23N7O/c1-12-11-19-14(20-12)16-6-3-13(23)21-7-9-22(10-8-21)15-17-4-2-5-18-15/h2,4-5,12H,3,6-11H2,1H3,(H2,16,19,20). The first-order valence-electron chi connectivity index (χ1n) is 8.07. The van der Waals surface area contributed by atoms with E-state index < -0.39 is 0 Å². The van der Waals surface area contributed by atoms with Gasteiger partial charge in [0, 0.05) is 57.6 Å². The van der Waals surface area contributed by atoms with Gasteiger partial charge in [-0.1, -0.05) is 0 Å². The third-order valence-corrected chi connectivity index (χ3v) is 4.01. The van der Waals surface area contributed by atoms with Crippen LogP contribution in [0.5, 0.6) is 0 Å². The smallest absolute Gasteiger partial charge is 0.225 e. The van der Waals surface area contributed by atoms with E-state index in [9.17, 15) is 4.79 Å². The summed E-state index contributed by atoms with van der Waals surface area (Å²) in [6, 6.07) is 2.18. The lowest BCUT2D eigenvalue weighted by Crippen LogP contribution is -2.50. The Morgan fingerprint density at radius 2 is 2.04 bits per heavy atom. The number of nitrogens with one attached hydrogen (secondary N) is 2. The molecular formula is C15H23N7O. The molecule has 0 aromatic carbocycles. The molecule has 2 aliphatic heterocycles. The number of aliphatic imine (C=N–C) groups is 1. The molecule has 0 aliphatic carbocycles. The fourth-order valence-electron chi connectivity index (χ4n) is 2.72. The van der Waals surface area contributed by atoms with Crippen molar-refractivity contribution < 1.29 is 4.79 Å². The van der Waals surface area contributed by atoms with Crippen LogP contribution in [0, 0.1) is 0 Å². The van der Waals surface area contributed by atoms with Crippen molar-refractivity contribution in [2.45, 2.75) is 19.4 Å². The second kappa shape index (κ2) is 7.26. The quantitative estimate of drug-likeness (QED) is 0.775. The van der Waals surface area contributed by atoms with E-state index in [4.69, 9.17) is 0 Å². The first-order valence-corrected chi connectivity index (χ1v) is 8.07. The lowest BCUT2D eigenvalue weighted by atomic mass is 10.3. The minimum atomic E-state index is 0.178. The summed E-state index contributed by atoms with van der Waals surface area (Å²) in [6.45, 7) is 6.46. The largest absolute Gasteiger partial charge is 0.356 e. The highest BCUT2D eigenvalue weighted by atomic mass is 16.2. The lowest BCUT2D eigenvalue weighted by Gasteiger charge is -2.34. The van der Waals surface area contributed by atoms with Crippen LogP contribution < -0.4 is 15.5 Å². The molecule has 1 unspecified atom stereocenters. The summed E-state index contributed by atoms with van der Waals surface area (Å²) in [5.41, 5.74) is 0. The van der Waals surface area contributed by atoms with Crippen LogP contribution in [0.4, 0.5) is 5.95 Å². The zero-order chi connectivity index (χ0) is 16.1. The third kappa shape index (κ3) is 4.08. The Balaban J connectivity index is 1.38. The number of rotatable bonds is 4. The molecule has 0 radical (unpaired) electrons. The van der Waals surface area contributed by atoms with E-state index in [0.29, 0.717) is 32.1 Å². The molecule has 8 nitrogen and oxygen atoms in total. The molecule has 0 saturated carbocycles. The number of guanidine groups is 1. The lowest BCUT2D eigenvalue weighted by molar-refractivity contribution is -0.131. The Bertz CT molecular complexity index is 554. The summed E-state index contributed by atoms with van der Waals surface area (Å²) >= 11 is 0. The molecule has 1 fully saturated rings. The van der Waals surface area contributed by atoms with Gasteiger partial charge in [-0.25, -0.2) is 9.97 Å². The molecule has 1 atom stereocenters. The fraction of sp³-hybridized carbons (Fsp3) is 0.600. The zero-order valence-corrected chi connectivity index (χ0v) is 13.4. The minimum absolute atomic E-state index is 0.178. The first-order chi connectivity index (χ1) is 11.2. The molecule has 2 aliphatic rings. The van der Waals surface area contributed by atoms with Gasteiger partial charge in [-0.15, -0.1) is 0 Å². The van der Waals surface area contributed by atoms with Crippen LogP contribution in [-0.4, -0.2) is 72.0 Å². The van der Waals surface area contributed by atoms with Crippen molar-refractivity contribution in [3.8, 4) is 0 Å². The number of nitrogens with zero attached hydrogens (tertiary/aromatic N) is 5. The van der Waals surface area contributed by atoms with Gasteiger partial charge >= 0.3 is 0 Å². The number of carbonyl (C=O) groups excluding carboxylic acids is 1. The number of amides is 1. The van der Waals surface area contributed by atoms with Crippen molar-refractivity contribution in [2.75, 3.05) is 44.2 Å². The topological polar surface area (TPSA) is 85.8 Å². The summed E-state index contributed by atoms with van der Waals surface area (Å²) in [5.74, 6) is 1.72. The van der Waals surface area contributed by atoms with Gasteiger partial charge < -0.3 is 20.4 Å². The average molecular weight is 317 g/mol. The minimum Gasteiger partial charge on any atom is -0.356 e. The summed E-state index contributed by atoms with van der Waals surface area (Å²) in [7, 11) is 0. The molecule has 8 heteroatoms. The van der Waals surface area contributed by atoms with Gasteiger partial charge in [0.2, 0.25) is 11.9 Å². The normalized spacial score (nSPS) is 20.9. The van der Waals surface area contributed by atoms with Gasteiger partial charge in [0.15, 0.2) is 5.96 Å². The second-order valence-electron chi connectivity index (χ2n) is 5.83. The summed E-state index contributed by atoms with van der Waals surface area (Å²) in [5, 5.41) is 6.40. The Morgan fingerprint density at radius 3 is 2.70 bits per heavy atom. The highest BCUT2D eigenvalue weighted by Gasteiger charge is 2.22. The first kappa shape index (κ1) is 15.5. The van der Waals surface area contributed by atoms with Crippen LogP contribution in [0.2, 0.25) is 0 Å². The van der Waals surface area contributed by atoms with Crippen LogP contribution in [0.25, 0.3) is 0 Å². The van der Waals surface area contributed by atoms with E-state index in [1.165, 1.54) is 0 Å². The Morgan fingerprint density at radius 1 is 1.30 bits per heavy atom. The molecule has 3 heterocycles. The molecule has 23 heavy (non-hydrogen) atoms. The summed E-state index contributed by atoms with van der Waals surface area (Å²) in [6.07, 6.45) is 3.97. The average Bonchev–Trinajstić information content (AvgIpc) is 3.01. The zero-order valence-electron chi connectivity index (χ0n) is 13.4. The predicted molar refractivity (Wildman–Crippen MR) is 88.3 cm³/mol. The number of hydrogen-bond donors (Lipinski definition) is 2. The number of hydrogen-bond acceptors (Lipinski definition) is 7. The highest BCUT2D eigenvalue weighted by Crippen LogP contribution is 2.10. The fourth-order valence-corrected chi connectivity index (χ4v) is 2.72. The van der Waals surface area contributed by atoms with E-state index in [2.05, 4.69) is 37.4 Å². The molecule has 1 saturated heterocycles. The number of piperazine rings is 1. The molecule has 1 aromatic rings. The van der Waals surface area contributed by atoms with Crippen LogP contribution in [0.15, 0.2) is 23.5 Å². The maximum Gasteiger partial charge on any atom is 0.225 e. The molecule has 124 valence electrons. The van der Waals surface area contributed by atoms with Crippen LogP contribution in [-0.2, 0) is 4.79 Å². The van der Waals surface area contributed by atoms with Gasteiger partial charge in [-0.3, -0.25) is 9.79 Å². The third-order valence-electron chi connectivity index (χ3n) is 4.01. The van der Waals surface area contributed by atoms with Crippen molar-refractivity contribution in [1.29, 1.82) is 0 Å². The van der Waals surface area contributed by atoms with E-state index in [0.717, 1.165) is 31.5 Å². The van der Waals surface area contributed by atoms with Crippen molar-refractivity contribution in [1.82, 2.24) is 25.5 Å². The maximum atomic E-state index is 12.3. The van der Waals surface area contributed by atoms with Gasteiger partial charge in [-0.2, -0.15) is 0 Å². The summed E-state index contributed by atoms with van der Waals surface area (Å²) < 4.78 is 0. The number of anilines is 1. The molecular weight excluding hydrogens is 294 g/mol. The molecule has 2 N–H and O–H groups in total. The maximum absolute atomic E-state index is 12.3. The van der Waals surface area contributed by atoms with Crippen molar-refractivity contribution >= 4 is 17.8 Å². The Hall–Kier alpha value is -2.38. The van der Waals surface area contributed by atoms with Crippen LogP contribution in [0.1, 0.15) is 13.3 Å². The van der Waals surface area contributed by atoms with Crippen molar-refractivity contribution in [3.05, 3.63) is 18.5 Å². The molecule has 1 amide bonds. The molecule has 3 rings (SSSR count). The van der Waals surface area contributed by atoms with Crippen LogP contribution in [0.3, 0.4) is 0 Å². The predicted octanol–water partition coefficient (Wildman–Crippen LogP) is -0.547. The molecule has 1 aromatic heterocycles. The van der Waals surface area contributed by atoms with Crippen molar-refractivity contribution in [2.24, 2.45) is 4.99 Å². The van der Waals surface area contributed by atoms with Crippen molar-refractivity contribution in [3.63, 3.8) is 0 Å². The van der Waals surface area contributed by atoms with Crippen LogP contribution >= 0.6 is 0 Å². The van der Waals surface area contributed by atoms with E-state index in [-0.39, 0.29) is 5.91 Å². The van der Waals surface area contributed by atoms with Gasteiger partial charge in [0.25, 0.3) is 0 Å². The number of carbonyl (C=O) groups is 1. The van der Waals surface area contributed by atoms with Gasteiger partial charge in [0.05, 0.1) is 6.54 Å². The van der Waals surface area contributed by atoms with E-state index in [1.54, 1.807) is 18.5 Å². The number of aromatic nitrogens is 2. The van der Waals surface area contributed by atoms with E-state index in [1.807, 2.05) is 4.90 Å². The van der Waals surface area contributed by atoms with Gasteiger partial charge in [0.1, 0.15) is 0 Å². The molecule has 0 bridgehead atoms. The molecule has 0 spiro atoms. The van der Waals surface area contributed by atoms with Gasteiger partial charge in [-0.05, 0) is 13.0 Å². The summed E-state index contributed by atoms with van der Waals surface area (Å²) in [4.78, 5) is 29.1. The van der Waals surface area contributed by atoms with E-state index >= 15 is 0 Å². The Kier molecular flexibility index (Phi) is 4.89. The highest BCUT2D eigenvalue weighted by molar-refractivity contribution is 5.82.